The summed E-state index contributed by atoms with van der Waals surface area (Å²) in [5.74, 6) is 6.53. The molecule has 1 rings (SSSR count). The molecule has 0 radical (unpaired) electrons. The third kappa shape index (κ3) is 5.07. The summed E-state index contributed by atoms with van der Waals surface area (Å²) in [6, 6.07) is 7.48. The summed E-state index contributed by atoms with van der Waals surface area (Å²) in [7, 11) is 1.63. The summed E-state index contributed by atoms with van der Waals surface area (Å²) >= 11 is 0. The Morgan fingerprint density at radius 1 is 1.29 bits per heavy atom. The lowest BCUT2D eigenvalue weighted by molar-refractivity contribution is -0.142. The molecule has 0 aliphatic heterocycles. The second-order valence-electron chi connectivity index (χ2n) is 3.34. The molecule has 1 aromatic rings. The molecule has 0 atom stereocenters. The van der Waals surface area contributed by atoms with Crippen LogP contribution in [0.1, 0.15) is 25.3 Å². The van der Waals surface area contributed by atoms with Crippen molar-refractivity contribution in [3.63, 3.8) is 0 Å². The van der Waals surface area contributed by atoms with E-state index in [9.17, 15) is 4.79 Å². The highest BCUT2D eigenvalue weighted by Gasteiger charge is 1.97. The predicted molar refractivity (Wildman–Crippen MR) is 65.7 cm³/mol. The lowest BCUT2D eigenvalue weighted by Gasteiger charge is -1.98. The highest BCUT2D eigenvalue weighted by molar-refractivity contribution is 5.69. The van der Waals surface area contributed by atoms with E-state index in [0.717, 1.165) is 11.3 Å². The van der Waals surface area contributed by atoms with Gasteiger partial charge in [-0.2, -0.15) is 0 Å². The fraction of sp³-hybridized carbons (Fsp3) is 0.357. The zero-order chi connectivity index (χ0) is 12.5. The number of carbonyl (C=O) groups is 1. The van der Waals surface area contributed by atoms with Gasteiger partial charge in [0.25, 0.3) is 0 Å². The zero-order valence-electron chi connectivity index (χ0n) is 10.2. The first-order valence-electron chi connectivity index (χ1n) is 5.54. The van der Waals surface area contributed by atoms with Crippen molar-refractivity contribution in [3.05, 3.63) is 29.8 Å². The van der Waals surface area contributed by atoms with Crippen LogP contribution in [0.2, 0.25) is 0 Å². The molecule has 0 aliphatic carbocycles. The van der Waals surface area contributed by atoms with E-state index in [1.54, 1.807) is 14.0 Å². The third-order valence-electron chi connectivity index (χ3n) is 2.08. The van der Waals surface area contributed by atoms with Crippen LogP contribution in [0, 0.1) is 11.8 Å². The largest absolute Gasteiger partial charge is 0.497 e. The Bertz CT molecular complexity index is 409. The second-order valence-corrected chi connectivity index (χ2v) is 3.34. The van der Waals surface area contributed by atoms with Crippen molar-refractivity contribution in [1.29, 1.82) is 0 Å². The van der Waals surface area contributed by atoms with Gasteiger partial charge in [0.2, 0.25) is 0 Å². The van der Waals surface area contributed by atoms with Gasteiger partial charge in [0.1, 0.15) is 5.75 Å². The van der Waals surface area contributed by atoms with Crippen LogP contribution in [-0.2, 0) is 9.53 Å². The molecule has 0 aromatic heterocycles. The molecule has 0 spiro atoms. The van der Waals surface area contributed by atoms with Gasteiger partial charge in [-0.05, 0) is 31.2 Å². The minimum Gasteiger partial charge on any atom is -0.497 e. The topological polar surface area (TPSA) is 35.5 Å². The monoisotopic (exact) mass is 232 g/mol. The molecule has 0 saturated heterocycles. The smallest absolute Gasteiger partial charge is 0.306 e. The van der Waals surface area contributed by atoms with E-state index in [2.05, 4.69) is 11.8 Å². The van der Waals surface area contributed by atoms with Crippen molar-refractivity contribution in [2.24, 2.45) is 0 Å². The van der Waals surface area contributed by atoms with Crippen molar-refractivity contribution >= 4 is 5.97 Å². The summed E-state index contributed by atoms with van der Waals surface area (Å²) in [5, 5.41) is 0. The fourth-order valence-corrected chi connectivity index (χ4v) is 1.24. The van der Waals surface area contributed by atoms with Crippen LogP contribution in [0.4, 0.5) is 0 Å². The number of rotatable bonds is 4. The lowest BCUT2D eigenvalue weighted by Crippen LogP contribution is -2.02. The average Bonchev–Trinajstić information content (AvgIpc) is 2.36. The first kappa shape index (κ1) is 13.1. The Hall–Kier alpha value is -1.95. The van der Waals surface area contributed by atoms with E-state index < -0.39 is 0 Å². The maximum atomic E-state index is 11.0. The van der Waals surface area contributed by atoms with Crippen LogP contribution in [0.5, 0.6) is 5.75 Å². The van der Waals surface area contributed by atoms with E-state index in [1.165, 1.54) is 0 Å². The number of hydrogen-bond acceptors (Lipinski definition) is 3. The average molecular weight is 232 g/mol. The molecule has 90 valence electrons. The van der Waals surface area contributed by atoms with Gasteiger partial charge in [-0.15, -0.1) is 0 Å². The standard InChI is InChI=1S/C14H16O3/c1-3-17-14(15)7-5-4-6-12-8-10-13(16-2)11-9-12/h8-11H,3,5,7H2,1-2H3. The maximum Gasteiger partial charge on any atom is 0.306 e. The first-order chi connectivity index (χ1) is 8.26. The molecule has 3 heteroatoms. The molecule has 0 aliphatic rings. The Balaban J connectivity index is 2.40. The Kier molecular flexibility index (Phi) is 5.67. The quantitative estimate of drug-likeness (QED) is 0.590. The van der Waals surface area contributed by atoms with Gasteiger partial charge in [-0.3, -0.25) is 4.79 Å². The molecule has 1 aromatic carbocycles. The minimum atomic E-state index is -0.198. The molecule has 0 fully saturated rings. The second kappa shape index (κ2) is 7.34. The molecule has 0 bridgehead atoms. The molecular formula is C14H16O3. The predicted octanol–water partition coefficient (Wildman–Crippen LogP) is 2.39. The molecule has 0 N–H and O–H groups in total. The van der Waals surface area contributed by atoms with Crippen LogP contribution in [0.25, 0.3) is 0 Å². The maximum absolute atomic E-state index is 11.0. The van der Waals surface area contributed by atoms with Crippen molar-refractivity contribution in [3.8, 4) is 17.6 Å². The van der Waals surface area contributed by atoms with Crippen molar-refractivity contribution in [2.75, 3.05) is 13.7 Å². The number of methoxy groups -OCH3 is 1. The number of hydrogen-bond donors (Lipinski definition) is 0. The first-order valence-corrected chi connectivity index (χ1v) is 5.54. The van der Waals surface area contributed by atoms with Gasteiger partial charge in [0.05, 0.1) is 20.1 Å². The summed E-state index contributed by atoms with van der Waals surface area (Å²) in [6.45, 7) is 2.21. The molecule has 0 amide bonds. The molecular weight excluding hydrogens is 216 g/mol. The molecule has 0 heterocycles. The Morgan fingerprint density at radius 2 is 2.00 bits per heavy atom. The van der Waals surface area contributed by atoms with Gasteiger partial charge in [-0.25, -0.2) is 0 Å². The van der Waals surface area contributed by atoms with Crippen molar-refractivity contribution < 1.29 is 14.3 Å². The van der Waals surface area contributed by atoms with Crippen LogP contribution in [-0.4, -0.2) is 19.7 Å². The normalized spacial score (nSPS) is 9.06. The van der Waals surface area contributed by atoms with Crippen LogP contribution in [0.3, 0.4) is 0 Å². The molecule has 0 unspecified atom stereocenters. The summed E-state index contributed by atoms with van der Waals surface area (Å²) < 4.78 is 9.84. The van der Waals surface area contributed by atoms with Gasteiger partial charge < -0.3 is 9.47 Å². The van der Waals surface area contributed by atoms with Crippen LogP contribution in [0.15, 0.2) is 24.3 Å². The lowest BCUT2D eigenvalue weighted by atomic mass is 10.2. The number of benzene rings is 1. The van der Waals surface area contributed by atoms with Gasteiger partial charge in [0, 0.05) is 12.0 Å². The summed E-state index contributed by atoms with van der Waals surface area (Å²) in [6.07, 6.45) is 0.863. The van der Waals surface area contributed by atoms with E-state index in [0.29, 0.717) is 19.4 Å². The Labute approximate surface area is 102 Å². The van der Waals surface area contributed by atoms with Crippen molar-refractivity contribution in [1.82, 2.24) is 0 Å². The van der Waals surface area contributed by atoms with E-state index in [4.69, 9.17) is 9.47 Å². The van der Waals surface area contributed by atoms with E-state index in [-0.39, 0.29) is 5.97 Å². The highest BCUT2D eigenvalue weighted by atomic mass is 16.5. The highest BCUT2D eigenvalue weighted by Crippen LogP contribution is 2.10. The SMILES string of the molecule is CCOC(=O)CCC#Cc1ccc(OC)cc1. The fourth-order valence-electron chi connectivity index (χ4n) is 1.24. The minimum absolute atomic E-state index is 0.198. The van der Waals surface area contributed by atoms with Gasteiger partial charge in [0.15, 0.2) is 0 Å². The Morgan fingerprint density at radius 3 is 2.59 bits per heavy atom. The van der Waals surface area contributed by atoms with Gasteiger partial charge in [-0.1, -0.05) is 11.8 Å². The number of esters is 1. The van der Waals surface area contributed by atoms with Crippen LogP contribution < -0.4 is 4.74 Å². The van der Waals surface area contributed by atoms with E-state index in [1.807, 2.05) is 24.3 Å². The summed E-state index contributed by atoms with van der Waals surface area (Å²) in [5.41, 5.74) is 0.912. The number of carbonyl (C=O) groups excluding carboxylic acids is 1. The molecule has 3 nitrogen and oxygen atoms in total. The molecule has 17 heavy (non-hydrogen) atoms. The van der Waals surface area contributed by atoms with Crippen LogP contribution >= 0.6 is 0 Å². The molecule has 0 saturated carbocycles. The number of ether oxygens (including phenoxy) is 2. The van der Waals surface area contributed by atoms with Gasteiger partial charge >= 0.3 is 5.97 Å². The zero-order valence-corrected chi connectivity index (χ0v) is 10.2. The van der Waals surface area contributed by atoms with E-state index >= 15 is 0 Å². The van der Waals surface area contributed by atoms with Crippen molar-refractivity contribution in [2.45, 2.75) is 19.8 Å². The third-order valence-corrected chi connectivity index (χ3v) is 2.08. The summed E-state index contributed by atoms with van der Waals surface area (Å²) in [4.78, 5) is 11.0.